The molecule has 0 bridgehead atoms. The van der Waals surface area contributed by atoms with Crippen molar-refractivity contribution in [3.8, 4) is 0 Å². The van der Waals surface area contributed by atoms with Gasteiger partial charge in [-0.3, -0.25) is 14.9 Å². The first-order chi connectivity index (χ1) is 7.68. The van der Waals surface area contributed by atoms with Crippen molar-refractivity contribution in [2.75, 3.05) is 5.32 Å². The fraction of sp³-hybridized carbons (Fsp3) is 0.625. The number of hydrogen-bond donors (Lipinski definition) is 2. The number of carboxylic acids is 1. The highest BCUT2D eigenvalue weighted by molar-refractivity contribution is 7.09. The van der Waals surface area contributed by atoms with E-state index in [4.69, 9.17) is 5.11 Å². The number of carboxylic acid groups (broad SMARTS) is 1. The standard InChI is InChI=1S/C8H10N4O3S/c13-6(9-8-10-11-12-16-8)4-2-1-3-5(4)7(14)15/h4-5H,1-3H2,(H,14,15)(H,9,10,12,13)/t4-,5+/m1/s1. The highest BCUT2D eigenvalue weighted by atomic mass is 32.1. The highest BCUT2D eigenvalue weighted by Crippen LogP contribution is 2.32. The number of rotatable bonds is 3. The van der Waals surface area contributed by atoms with Crippen molar-refractivity contribution in [2.45, 2.75) is 19.3 Å². The molecule has 1 heterocycles. The number of aliphatic carboxylic acids is 1. The van der Waals surface area contributed by atoms with Crippen molar-refractivity contribution in [1.82, 2.24) is 14.8 Å². The van der Waals surface area contributed by atoms with Crippen molar-refractivity contribution < 1.29 is 14.7 Å². The van der Waals surface area contributed by atoms with Gasteiger partial charge < -0.3 is 5.11 Å². The zero-order chi connectivity index (χ0) is 11.5. The van der Waals surface area contributed by atoms with E-state index in [1.807, 2.05) is 0 Å². The molecule has 2 atom stereocenters. The van der Waals surface area contributed by atoms with Crippen molar-refractivity contribution in [2.24, 2.45) is 11.8 Å². The SMILES string of the molecule is O=C(O)[C@H]1CCC[C@H]1C(=O)Nc1nnns1. The maximum atomic E-state index is 11.8. The summed E-state index contributed by atoms with van der Waals surface area (Å²) >= 11 is 0.968. The average Bonchev–Trinajstić information content (AvgIpc) is 2.86. The van der Waals surface area contributed by atoms with Gasteiger partial charge in [0.25, 0.3) is 0 Å². The molecule has 1 aliphatic rings. The van der Waals surface area contributed by atoms with Crippen LogP contribution in [-0.4, -0.2) is 31.8 Å². The van der Waals surface area contributed by atoms with Gasteiger partial charge in [0.15, 0.2) is 0 Å². The molecule has 0 spiro atoms. The second-order valence-corrected chi connectivity index (χ2v) is 4.37. The first-order valence-electron chi connectivity index (χ1n) is 4.87. The van der Waals surface area contributed by atoms with Crippen LogP contribution in [0.25, 0.3) is 0 Å². The van der Waals surface area contributed by atoms with E-state index in [0.29, 0.717) is 18.0 Å². The minimum Gasteiger partial charge on any atom is -0.481 e. The van der Waals surface area contributed by atoms with Crippen molar-refractivity contribution in [3.05, 3.63) is 0 Å². The van der Waals surface area contributed by atoms with Crippen LogP contribution in [0.3, 0.4) is 0 Å². The Bertz CT molecular complexity index is 394. The summed E-state index contributed by atoms with van der Waals surface area (Å²) in [6.07, 6.45) is 1.93. The summed E-state index contributed by atoms with van der Waals surface area (Å²) in [4.78, 5) is 22.7. The summed E-state index contributed by atoms with van der Waals surface area (Å²) in [5, 5.41) is 18.7. The third-order valence-electron chi connectivity index (χ3n) is 2.70. The number of anilines is 1. The molecule has 0 aromatic carbocycles. The molecule has 1 aromatic heterocycles. The smallest absolute Gasteiger partial charge is 0.307 e. The molecule has 2 rings (SSSR count). The molecule has 1 amide bonds. The lowest BCUT2D eigenvalue weighted by Crippen LogP contribution is -2.29. The van der Waals surface area contributed by atoms with E-state index in [1.165, 1.54) is 0 Å². The van der Waals surface area contributed by atoms with Gasteiger partial charge in [-0.2, -0.15) is 0 Å². The number of hydrogen-bond acceptors (Lipinski definition) is 6. The van der Waals surface area contributed by atoms with E-state index >= 15 is 0 Å². The Morgan fingerprint density at radius 2 is 2.12 bits per heavy atom. The van der Waals surface area contributed by atoms with Gasteiger partial charge in [-0.25, -0.2) is 0 Å². The second-order valence-electron chi connectivity index (χ2n) is 3.64. The van der Waals surface area contributed by atoms with Crippen molar-refractivity contribution >= 4 is 28.5 Å². The summed E-state index contributed by atoms with van der Waals surface area (Å²) in [6.45, 7) is 0. The third kappa shape index (κ3) is 2.16. The zero-order valence-electron chi connectivity index (χ0n) is 8.29. The topological polar surface area (TPSA) is 105 Å². The van der Waals surface area contributed by atoms with Crippen LogP contribution in [0.4, 0.5) is 5.13 Å². The number of carbonyl (C=O) groups excluding carboxylic acids is 1. The average molecular weight is 242 g/mol. The summed E-state index contributed by atoms with van der Waals surface area (Å²) in [5.41, 5.74) is 0. The quantitative estimate of drug-likeness (QED) is 0.793. The Labute approximate surface area is 95.0 Å². The Morgan fingerprint density at radius 3 is 2.75 bits per heavy atom. The highest BCUT2D eigenvalue weighted by Gasteiger charge is 2.37. The Morgan fingerprint density at radius 1 is 1.38 bits per heavy atom. The fourth-order valence-corrected chi connectivity index (χ4v) is 2.32. The third-order valence-corrected chi connectivity index (χ3v) is 3.21. The Balaban J connectivity index is 2.01. The number of aromatic nitrogens is 3. The van der Waals surface area contributed by atoms with E-state index in [1.54, 1.807) is 0 Å². The molecule has 2 N–H and O–H groups in total. The molecule has 0 unspecified atom stereocenters. The first-order valence-corrected chi connectivity index (χ1v) is 5.64. The molecule has 86 valence electrons. The van der Waals surface area contributed by atoms with Crippen LogP contribution in [0.15, 0.2) is 0 Å². The summed E-state index contributed by atoms with van der Waals surface area (Å²) in [6, 6.07) is 0. The van der Waals surface area contributed by atoms with E-state index in [-0.39, 0.29) is 5.91 Å². The Kier molecular flexibility index (Phi) is 3.09. The molecule has 1 aliphatic carbocycles. The molecule has 0 radical (unpaired) electrons. The van der Waals surface area contributed by atoms with Crippen LogP contribution >= 0.6 is 11.5 Å². The lowest BCUT2D eigenvalue weighted by Gasteiger charge is -2.13. The molecule has 7 nitrogen and oxygen atoms in total. The summed E-state index contributed by atoms with van der Waals surface area (Å²) < 4.78 is 3.51. The lowest BCUT2D eigenvalue weighted by molar-refractivity contribution is -0.145. The van der Waals surface area contributed by atoms with Gasteiger partial charge >= 0.3 is 5.97 Å². The predicted octanol–water partition coefficient (Wildman–Crippen LogP) is 0.372. The van der Waals surface area contributed by atoms with Crippen LogP contribution in [0, 0.1) is 11.8 Å². The van der Waals surface area contributed by atoms with Gasteiger partial charge in [0.05, 0.1) is 11.8 Å². The zero-order valence-corrected chi connectivity index (χ0v) is 9.11. The summed E-state index contributed by atoms with van der Waals surface area (Å²) in [7, 11) is 0. The van der Waals surface area contributed by atoms with Crippen LogP contribution < -0.4 is 5.32 Å². The molecule has 0 aliphatic heterocycles. The minimum absolute atomic E-state index is 0.302. The van der Waals surface area contributed by atoms with Crippen LogP contribution in [0.1, 0.15) is 19.3 Å². The largest absolute Gasteiger partial charge is 0.481 e. The number of amides is 1. The molecule has 1 fully saturated rings. The maximum absolute atomic E-state index is 11.8. The maximum Gasteiger partial charge on any atom is 0.307 e. The first kappa shape index (κ1) is 10.9. The number of nitrogens with zero attached hydrogens (tertiary/aromatic N) is 3. The van der Waals surface area contributed by atoms with Gasteiger partial charge in [-0.15, -0.1) is 0 Å². The second kappa shape index (κ2) is 4.52. The van der Waals surface area contributed by atoms with Crippen LogP contribution in [-0.2, 0) is 9.59 Å². The van der Waals surface area contributed by atoms with Gasteiger partial charge in [-0.1, -0.05) is 16.0 Å². The van der Waals surface area contributed by atoms with Crippen molar-refractivity contribution in [1.29, 1.82) is 0 Å². The van der Waals surface area contributed by atoms with E-state index < -0.39 is 17.8 Å². The van der Waals surface area contributed by atoms with Crippen LogP contribution in [0.5, 0.6) is 0 Å². The molecule has 1 aromatic rings. The molecule has 0 saturated heterocycles. The molecule has 8 heteroatoms. The normalized spacial score (nSPS) is 24.2. The summed E-state index contributed by atoms with van der Waals surface area (Å²) in [5.74, 6) is -2.27. The molecular formula is C8H10N4O3S. The fourth-order valence-electron chi connectivity index (χ4n) is 1.95. The monoisotopic (exact) mass is 242 g/mol. The minimum atomic E-state index is -0.909. The van der Waals surface area contributed by atoms with Crippen molar-refractivity contribution in [3.63, 3.8) is 0 Å². The van der Waals surface area contributed by atoms with E-state index in [2.05, 4.69) is 20.1 Å². The lowest BCUT2D eigenvalue weighted by atomic mass is 9.95. The van der Waals surface area contributed by atoms with E-state index in [0.717, 1.165) is 18.0 Å². The molecule has 16 heavy (non-hydrogen) atoms. The van der Waals surface area contributed by atoms with Gasteiger partial charge in [-0.05, 0) is 18.1 Å². The van der Waals surface area contributed by atoms with Gasteiger partial charge in [0.1, 0.15) is 0 Å². The number of carbonyl (C=O) groups is 2. The van der Waals surface area contributed by atoms with Gasteiger partial charge in [0, 0.05) is 11.5 Å². The molecular weight excluding hydrogens is 232 g/mol. The van der Waals surface area contributed by atoms with E-state index in [9.17, 15) is 9.59 Å². The van der Waals surface area contributed by atoms with Crippen LogP contribution in [0.2, 0.25) is 0 Å². The predicted molar refractivity (Wildman–Crippen MR) is 54.8 cm³/mol. The number of nitrogens with one attached hydrogen (secondary N) is 1. The molecule has 1 saturated carbocycles. The van der Waals surface area contributed by atoms with Gasteiger partial charge in [0.2, 0.25) is 11.0 Å². The Hall–Kier alpha value is -1.57.